The molecule has 0 spiro atoms. The molecule has 128 valence electrons. The van der Waals surface area contributed by atoms with E-state index in [9.17, 15) is 4.79 Å². The number of aromatic amines is 1. The van der Waals surface area contributed by atoms with Crippen LogP contribution in [0.25, 0.3) is 10.9 Å². The standard InChI is InChI=1S/C19H20N4O2/c1-13-20-9-5-18(22-13)25-16-6-10-23(11-7-16)19(24)15-2-3-17-14(12-15)4-8-21-17/h2-5,8-9,12,16,21H,6-7,10-11H2,1H3. The number of benzene rings is 1. The fraction of sp³-hybridized carbons (Fsp3) is 0.316. The molecular formula is C19H20N4O2. The first-order valence-corrected chi connectivity index (χ1v) is 8.52. The molecule has 2 aromatic heterocycles. The van der Waals surface area contributed by atoms with Crippen LogP contribution in [0.4, 0.5) is 0 Å². The number of amides is 1. The first-order valence-electron chi connectivity index (χ1n) is 8.52. The first-order chi connectivity index (χ1) is 12.2. The SMILES string of the molecule is Cc1nccc(OC2CCN(C(=O)c3ccc4[nH]ccc4c3)CC2)n1. The number of H-pyrrole nitrogens is 1. The summed E-state index contributed by atoms with van der Waals surface area (Å²) in [5.74, 6) is 1.39. The zero-order valence-electron chi connectivity index (χ0n) is 14.1. The van der Waals surface area contributed by atoms with Gasteiger partial charge in [-0.15, -0.1) is 0 Å². The molecule has 0 bridgehead atoms. The van der Waals surface area contributed by atoms with Gasteiger partial charge in [-0.3, -0.25) is 4.79 Å². The van der Waals surface area contributed by atoms with E-state index in [2.05, 4.69) is 15.0 Å². The minimum absolute atomic E-state index is 0.0828. The van der Waals surface area contributed by atoms with Gasteiger partial charge < -0.3 is 14.6 Å². The van der Waals surface area contributed by atoms with Crippen LogP contribution in [0.2, 0.25) is 0 Å². The van der Waals surface area contributed by atoms with Crippen LogP contribution >= 0.6 is 0 Å². The number of piperidine rings is 1. The number of rotatable bonds is 3. The second-order valence-corrected chi connectivity index (χ2v) is 6.33. The minimum Gasteiger partial charge on any atom is -0.474 e. The zero-order chi connectivity index (χ0) is 17.2. The van der Waals surface area contributed by atoms with Crippen molar-refractivity contribution in [3.8, 4) is 5.88 Å². The van der Waals surface area contributed by atoms with Crippen LogP contribution in [-0.4, -0.2) is 45.0 Å². The lowest BCUT2D eigenvalue weighted by Gasteiger charge is -2.32. The van der Waals surface area contributed by atoms with Crippen LogP contribution in [0.1, 0.15) is 29.0 Å². The van der Waals surface area contributed by atoms with Gasteiger partial charge in [0.25, 0.3) is 5.91 Å². The molecular weight excluding hydrogens is 316 g/mol. The number of carbonyl (C=O) groups excluding carboxylic acids is 1. The van der Waals surface area contributed by atoms with E-state index in [0.717, 1.165) is 29.3 Å². The van der Waals surface area contributed by atoms with Gasteiger partial charge in [0, 0.05) is 60.9 Å². The lowest BCUT2D eigenvalue weighted by Crippen LogP contribution is -2.41. The van der Waals surface area contributed by atoms with Crippen molar-refractivity contribution in [3.05, 3.63) is 54.1 Å². The van der Waals surface area contributed by atoms with Gasteiger partial charge in [0.2, 0.25) is 5.88 Å². The van der Waals surface area contributed by atoms with Crippen molar-refractivity contribution in [1.82, 2.24) is 19.9 Å². The third kappa shape index (κ3) is 3.33. The molecule has 1 saturated heterocycles. The van der Waals surface area contributed by atoms with E-state index in [0.29, 0.717) is 24.8 Å². The highest BCUT2D eigenvalue weighted by Crippen LogP contribution is 2.20. The lowest BCUT2D eigenvalue weighted by atomic mass is 10.1. The van der Waals surface area contributed by atoms with Gasteiger partial charge in [-0.1, -0.05) is 0 Å². The molecule has 6 nitrogen and oxygen atoms in total. The van der Waals surface area contributed by atoms with Gasteiger partial charge in [0.1, 0.15) is 11.9 Å². The fourth-order valence-electron chi connectivity index (χ4n) is 3.22. The maximum absolute atomic E-state index is 12.7. The van der Waals surface area contributed by atoms with Gasteiger partial charge in [0.05, 0.1) is 0 Å². The predicted octanol–water partition coefficient (Wildman–Crippen LogP) is 2.95. The van der Waals surface area contributed by atoms with Crippen molar-refractivity contribution in [2.75, 3.05) is 13.1 Å². The lowest BCUT2D eigenvalue weighted by molar-refractivity contribution is 0.0587. The van der Waals surface area contributed by atoms with Crippen LogP contribution in [0, 0.1) is 6.92 Å². The Kier molecular flexibility index (Phi) is 4.09. The summed E-state index contributed by atoms with van der Waals surface area (Å²) in [6, 6.07) is 9.54. The summed E-state index contributed by atoms with van der Waals surface area (Å²) in [6.07, 6.45) is 5.29. The molecule has 1 fully saturated rings. The zero-order valence-corrected chi connectivity index (χ0v) is 14.1. The van der Waals surface area contributed by atoms with Crippen molar-refractivity contribution in [2.24, 2.45) is 0 Å². The van der Waals surface area contributed by atoms with Crippen molar-refractivity contribution >= 4 is 16.8 Å². The van der Waals surface area contributed by atoms with E-state index in [-0.39, 0.29) is 12.0 Å². The quantitative estimate of drug-likeness (QED) is 0.798. The third-order valence-electron chi connectivity index (χ3n) is 4.57. The number of nitrogens with zero attached hydrogens (tertiary/aromatic N) is 3. The number of hydrogen-bond acceptors (Lipinski definition) is 4. The van der Waals surface area contributed by atoms with E-state index in [4.69, 9.17) is 4.74 Å². The summed E-state index contributed by atoms with van der Waals surface area (Å²) in [4.78, 5) is 26.1. The smallest absolute Gasteiger partial charge is 0.253 e. The Morgan fingerprint density at radius 1 is 1.24 bits per heavy atom. The molecule has 6 heteroatoms. The maximum atomic E-state index is 12.7. The topological polar surface area (TPSA) is 71.1 Å². The van der Waals surface area contributed by atoms with E-state index in [1.54, 1.807) is 12.3 Å². The molecule has 1 aliphatic rings. The summed E-state index contributed by atoms with van der Waals surface area (Å²) in [5.41, 5.74) is 1.78. The molecule has 25 heavy (non-hydrogen) atoms. The number of carbonyl (C=O) groups is 1. The number of nitrogens with one attached hydrogen (secondary N) is 1. The molecule has 4 rings (SSSR count). The van der Waals surface area contributed by atoms with Crippen LogP contribution in [0.15, 0.2) is 42.7 Å². The second kappa shape index (κ2) is 6.55. The Morgan fingerprint density at radius 2 is 2.08 bits per heavy atom. The molecule has 0 unspecified atom stereocenters. The molecule has 3 heterocycles. The van der Waals surface area contributed by atoms with Crippen LogP contribution < -0.4 is 4.74 Å². The summed E-state index contributed by atoms with van der Waals surface area (Å²) in [6.45, 7) is 3.23. The molecule has 3 aromatic rings. The Labute approximate surface area is 145 Å². The Hall–Kier alpha value is -2.89. The average molecular weight is 336 g/mol. The fourth-order valence-corrected chi connectivity index (χ4v) is 3.22. The van der Waals surface area contributed by atoms with Crippen molar-refractivity contribution < 1.29 is 9.53 Å². The van der Waals surface area contributed by atoms with Crippen LogP contribution in [0.3, 0.4) is 0 Å². The number of ether oxygens (including phenoxy) is 1. The monoisotopic (exact) mass is 336 g/mol. The van der Waals surface area contributed by atoms with Crippen molar-refractivity contribution in [2.45, 2.75) is 25.9 Å². The average Bonchev–Trinajstić information content (AvgIpc) is 3.09. The molecule has 0 atom stereocenters. The Morgan fingerprint density at radius 3 is 2.88 bits per heavy atom. The molecule has 1 aliphatic heterocycles. The van der Waals surface area contributed by atoms with Crippen LogP contribution in [0.5, 0.6) is 5.88 Å². The summed E-state index contributed by atoms with van der Waals surface area (Å²) in [5, 5.41) is 1.06. The Bertz CT molecular complexity index is 897. The summed E-state index contributed by atoms with van der Waals surface area (Å²) < 4.78 is 5.92. The molecule has 0 saturated carbocycles. The van der Waals surface area contributed by atoms with Gasteiger partial charge in [-0.05, 0) is 31.2 Å². The molecule has 0 aliphatic carbocycles. The molecule has 1 amide bonds. The highest BCUT2D eigenvalue weighted by molar-refractivity contribution is 5.98. The minimum atomic E-state index is 0.0828. The first kappa shape index (κ1) is 15.6. The number of hydrogen-bond donors (Lipinski definition) is 1. The number of aryl methyl sites for hydroxylation is 1. The summed E-state index contributed by atoms with van der Waals surface area (Å²) in [7, 11) is 0. The van der Waals surface area contributed by atoms with Crippen molar-refractivity contribution in [1.29, 1.82) is 0 Å². The highest BCUT2D eigenvalue weighted by Gasteiger charge is 2.25. The largest absolute Gasteiger partial charge is 0.474 e. The molecule has 0 radical (unpaired) electrons. The second-order valence-electron chi connectivity index (χ2n) is 6.33. The van der Waals surface area contributed by atoms with E-state index in [1.807, 2.05) is 42.3 Å². The number of likely N-dealkylation sites (tertiary alicyclic amines) is 1. The van der Waals surface area contributed by atoms with Gasteiger partial charge in [-0.2, -0.15) is 4.98 Å². The van der Waals surface area contributed by atoms with Crippen LogP contribution in [-0.2, 0) is 0 Å². The highest BCUT2D eigenvalue weighted by atomic mass is 16.5. The van der Waals surface area contributed by atoms with E-state index in [1.165, 1.54) is 0 Å². The van der Waals surface area contributed by atoms with E-state index < -0.39 is 0 Å². The number of fused-ring (bicyclic) bond motifs is 1. The summed E-state index contributed by atoms with van der Waals surface area (Å²) >= 11 is 0. The predicted molar refractivity (Wildman–Crippen MR) is 94.6 cm³/mol. The molecule has 1 aromatic carbocycles. The van der Waals surface area contributed by atoms with E-state index >= 15 is 0 Å². The Balaban J connectivity index is 1.38. The van der Waals surface area contributed by atoms with Crippen molar-refractivity contribution in [3.63, 3.8) is 0 Å². The van der Waals surface area contributed by atoms with Gasteiger partial charge >= 0.3 is 0 Å². The molecule has 1 N–H and O–H groups in total. The maximum Gasteiger partial charge on any atom is 0.253 e. The van der Waals surface area contributed by atoms with Gasteiger partial charge in [-0.25, -0.2) is 4.98 Å². The van der Waals surface area contributed by atoms with Gasteiger partial charge in [0.15, 0.2) is 0 Å². The number of aromatic nitrogens is 3. The third-order valence-corrected chi connectivity index (χ3v) is 4.57. The normalized spacial score (nSPS) is 15.5.